The van der Waals surface area contributed by atoms with Gasteiger partial charge in [0.2, 0.25) is 11.8 Å². The monoisotopic (exact) mass is 526 g/mol. The highest BCUT2D eigenvalue weighted by Gasteiger charge is 2.17. The number of halogens is 1. The number of pyridine rings is 1. The van der Waals surface area contributed by atoms with Crippen LogP contribution in [-0.4, -0.2) is 42.0 Å². The van der Waals surface area contributed by atoms with Crippen LogP contribution in [0.4, 0.5) is 5.95 Å². The molecule has 10 heteroatoms. The van der Waals surface area contributed by atoms with E-state index >= 15 is 0 Å². The molecule has 0 aliphatic rings. The van der Waals surface area contributed by atoms with Crippen LogP contribution in [0.25, 0.3) is 22.3 Å². The fraction of sp³-hybridized carbons (Fsp3) is 0.333. The molecule has 3 N–H and O–H groups in total. The van der Waals surface area contributed by atoms with E-state index in [0.717, 1.165) is 34.9 Å². The first kappa shape index (κ1) is 23.7. The molecule has 178 valence electrons. The predicted octanol–water partition coefficient (Wildman–Crippen LogP) is 4.68. The molecule has 0 spiro atoms. The molecule has 0 fully saturated rings. The van der Waals surface area contributed by atoms with Gasteiger partial charge in [-0.1, -0.05) is 22.9 Å². The van der Waals surface area contributed by atoms with Crippen LogP contribution in [0.2, 0.25) is 0 Å². The first-order chi connectivity index (χ1) is 16.2. The molecule has 0 bridgehead atoms. The first-order valence-corrected chi connectivity index (χ1v) is 11.8. The summed E-state index contributed by atoms with van der Waals surface area (Å²) in [6, 6.07) is 9.03. The molecule has 0 aliphatic heterocycles. The summed E-state index contributed by atoms with van der Waals surface area (Å²) in [5.74, 6) is 0.453. The van der Waals surface area contributed by atoms with Crippen molar-refractivity contribution in [3.63, 3.8) is 0 Å². The van der Waals surface area contributed by atoms with Gasteiger partial charge in [0.25, 0.3) is 0 Å². The zero-order valence-electron chi connectivity index (χ0n) is 19.3. The summed E-state index contributed by atoms with van der Waals surface area (Å²) in [5.41, 5.74) is 10.1. The lowest BCUT2D eigenvalue weighted by Gasteiger charge is -2.15. The minimum absolute atomic E-state index is 0.185. The number of rotatable bonds is 9. The zero-order valence-corrected chi connectivity index (χ0v) is 20.9. The fourth-order valence-electron chi connectivity index (χ4n) is 4.01. The number of anilines is 1. The van der Waals surface area contributed by atoms with E-state index in [1.54, 1.807) is 37.0 Å². The highest BCUT2D eigenvalue weighted by atomic mass is 79.9. The molecule has 0 amide bonds. The van der Waals surface area contributed by atoms with Crippen LogP contribution in [0.1, 0.15) is 35.8 Å². The average molecular weight is 527 g/mol. The topological polar surface area (TPSA) is 121 Å². The molecule has 3 aromatic heterocycles. The number of aromatic carboxylic acids is 1. The summed E-state index contributed by atoms with van der Waals surface area (Å²) < 4.78 is 10.7. The summed E-state index contributed by atoms with van der Waals surface area (Å²) in [5, 5.41) is 13.6. The van der Waals surface area contributed by atoms with Crippen molar-refractivity contribution in [1.82, 2.24) is 24.3 Å². The number of nitrogens with zero attached hydrogens (tertiary/aromatic N) is 5. The van der Waals surface area contributed by atoms with Gasteiger partial charge in [0.15, 0.2) is 0 Å². The first-order valence-electron chi connectivity index (χ1n) is 11.0. The van der Waals surface area contributed by atoms with E-state index < -0.39 is 5.97 Å². The number of ether oxygens (including phenoxy) is 1. The van der Waals surface area contributed by atoms with Crippen LogP contribution in [0.15, 0.2) is 41.0 Å². The molecule has 1 unspecified atom stereocenters. The second-order valence-electron chi connectivity index (χ2n) is 8.48. The summed E-state index contributed by atoms with van der Waals surface area (Å²) in [6.07, 6.45) is 3.42. The number of aromatic nitrogens is 5. The molecule has 9 nitrogen and oxygen atoms in total. The lowest BCUT2D eigenvalue weighted by molar-refractivity contribution is 0.0696. The number of fused-ring (bicyclic) bond motifs is 1. The van der Waals surface area contributed by atoms with Gasteiger partial charge >= 0.3 is 5.97 Å². The summed E-state index contributed by atoms with van der Waals surface area (Å²) in [4.78, 5) is 20.4. The molecule has 1 atom stereocenters. The third-order valence-electron chi connectivity index (χ3n) is 5.67. The standard InChI is InChI=1S/C24H27BrN6O3/c1-14(13-31-21-11-17(25)6-7-19(21)29-24(31)26)5-4-8-34-22-18(12-27-30(22)3)20-10-16(23(32)33)9-15(2)28-20/h6-7,9-12,14H,4-5,8,13H2,1-3H3,(H2,26,29)(H,32,33). The van der Waals surface area contributed by atoms with Crippen molar-refractivity contribution in [2.24, 2.45) is 13.0 Å². The van der Waals surface area contributed by atoms with Crippen molar-refractivity contribution in [1.29, 1.82) is 0 Å². The van der Waals surface area contributed by atoms with E-state index in [9.17, 15) is 9.90 Å². The normalized spacial score (nSPS) is 12.2. The quantitative estimate of drug-likeness (QED) is 0.303. The van der Waals surface area contributed by atoms with E-state index in [2.05, 4.69) is 37.9 Å². The summed E-state index contributed by atoms with van der Waals surface area (Å²) >= 11 is 3.52. The number of nitrogens with two attached hydrogens (primary N) is 1. The number of carboxylic acids is 1. The Labute approximate surface area is 205 Å². The molecule has 0 saturated carbocycles. The summed E-state index contributed by atoms with van der Waals surface area (Å²) in [7, 11) is 1.79. The zero-order chi connectivity index (χ0) is 24.4. The number of imidazole rings is 1. The van der Waals surface area contributed by atoms with Gasteiger partial charge in [-0.2, -0.15) is 5.10 Å². The third kappa shape index (κ3) is 5.06. The Morgan fingerprint density at radius 1 is 1.26 bits per heavy atom. The minimum atomic E-state index is -0.995. The molecule has 34 heavy (non-hydrogen) atoms. The Kier molecular flexibility index (Phi) is 6.87. The number of carbonyl (C=O) groups is 1. The van der Waals surface area contributed by atoms with Gasteiger partial charge < -0.3 is 20.1 Å². The fourth-order valence-corrected chi connectivity index (χ4v) is 4.36. The average Bonchev–Trinajstić information content (AvgIpc) is 3.30. The van der Waals surface area contributed by atoms with Crippen LogP contribution in [0.5, 0.6) is 5.88 Å². The van der Waals surface area contributed by atoms with Gasteiger partial charge in [0.05, 0.1) is 40.7 Å². The van der Waals surface area contributed by atoms with Crippen LogP contribution in [0, 0.1) is 12.8 Å². The van der Waals surface area contributed by atoms with E-state index in [4.69, 9.17) is 10.5 Å². The largest absolute Gasteiger partial charge is 0.478 e. The molecule has 3 heterocycles. The molecular formula is C24H27BrN6O3. The molecule has 0 saturated heterocycles. The number of hydrogen-bond acceptors (Lipinski definition) is 6. The Morgan fingerprint density at radius 2 is 2.06 bits per heavy atom. The number of benzene rings is 1. The van der Waals surface area contributed by atoms with E-state index in [0.29, 0.717) is 41.3 Å². The van der Waals surface area contributed by atoms with Crippen molar-refractivity contribution in [2.45, 2.75) is 33.2 Å². The molecular weight excluding hydrogens is 500 g/mol. The van der Waals surface area contributed by atoms with E-state index in [1.165, 1.54) is 0 Å². The molecule has 1 aromatic carbocycles. The van der Waals surface area contributed by atoms with Gasteiger partial charge in [-0.3, -0.25) is 4.98 Å². The molecule has 0 radical (unpaired) electrons. The Hall–Kier alpha value is -3.40. The third-order valence-corrected chi connectivity index (χ3v) is 6.17. The smallest absolute Gasteiger partial charge is 0.335 e. The van der Waals surface area contributed by atoms with E-state index in [1.807, 2.05) is 22.8 Å². The van der Waals surface area contributed by atoms with Gasteiger partial charge in [-0.05, 0) is 56.0 Å². The van der Waals surface area contributed by atoms with Crippen molar-refractivity contribution in [3.8, 4) is 17.1 Å². The Morgan fingerprint density at radius 3 is 2.82 bits per heavy atom. The van der Waals surface area contributed by atoms with E-state index in [-0.39, 0.29) is 5.56 Å². The van der Waals surface area contributed by atoms with Crippen molar-refractivity contribution < 1.29 is 14.6 Å². The predicted molar refractivity (Wildman–Crippen MR) is 134 cm³/mol. The number of hydrogen-bond donors (Lipinski definition) is 2. The maximum atomic E-state index is 11.4. The van der Waals surface area contributed by atoms with Gasteiger partial charge in [0.1, 0.15) is 0 Å². The van der Waals surface area contributed by atoms with Gasteiger partial charge in [-0.25, -0.2) is 14.5 Å². The second kappa shape index (κ2) is 9.84. The number of nitrogen functional groups attached to an aromatic ring is 1. The van der Waals surface area contributed by atoms with Gasteiger partial charge in [-0.15, -0.1) is 0 Å². The highest BCUT2D eigenvalue weighted by Crippen LogP contribution is 2.29. The lowest BCUT2D eigenvalue weighted by atomic mass is 10.1. The molecule has 0 aliphatic carbocycles. The lowest BCUT2D eigenvalue weighted by Crippen LogP contribution is -2.12. The summed E-state index contributed by atoms with van der Waals surface area (Å²) in [6.45, 7) is 5.22. The van der Waals surface area contributed by atoms with Crippen LogP contribution in [-0.2, 0) is 13.6 Å². The maximum Gasteiger partial charge on any atom is 0.335 e. The molecule has 4 rings (SSSR count). The van der Waals surface area contributed by atoms with Crippen LogP contribution in [0.3, 0.4) is 0 Å². The minimum Gasteiger partial charge on any atom is -0.478 e. The SMILES string of the molecule is Cc1cc(C(=O)O)cc(-c2cnn(C)c2OCCCC(C)Cn2c(N)nc3ccc(Br)cc32)n1. The van der Waals surface area contributed by atoms with Crippen molar-refractivity contribution in [3.05, 3.63) is 52.3 Å². The van der Waals surface area contributed by atoms with Crippen molar-refractivity contribution in [2.75, 3.05) is 12.3 Å². The highest BCUT2D eigenvalue weighted by molar-refractivity contribution is 9.10. The molecule has 4 aromatic rings. The Bertz CT molecular complexity index is 1350. The number of aryl methyl sites for hydroxylation is 2. The maximum absolute atomic E-state index is 11.4. The van der Waals surface area contributed by atoms with Gasteiger partial charge in [0, 0.05) is 23.8 Å². The van der Waals surface area contributed by atoms with Crippen LogP contribution < -0.4 is 10.5 Å². The number of carboxylic acid groups (broad SMARTS) is 1. The van der Waals surface area contributed by atoms with Crippen LogP contribution >= 0.6 is 15.9 Å². The Balaban J connectivity index is 1.39. The van der Waals surface area contributed by atoms with Crippen molar-refractivity contribution >= 4 is 38.9 Å². The second-order valence-corrected chi connectivity index (χ2v) is 9.40.